The van der Waals surface area contributed by atoms with Crippen molar-refractivity contribution >= 4 is 23.5 Å². The number of carboxylic acids is 1. The van der Waals surface area contributed by atoms with Gasteiger partial charge in [0, 0.05) is 16.7 Å². The van der Waals surface area contributed by atoms with E-state index in [9.17, 15) is 14.4 Å². The molecule has 0 radical (unpaired) electrons. The fourth-order valence-corrected chi connectivity index (χ4v) is 3.10. The van der Waals surface area contributed by atoms with E-state index < -0.39 is 17.9 Å². The number of carboxylic acid groups (broad SMARTS) is 1. The zero-order chi connectivity index (χ0) is 17.7. The molecule has 0 aromatic heterocycles. The lowest BCUT2D eigenvalue weighted by Gasteiger charge is -2.26. The van der Waals surface area contributed by atoms with Crippen LogP contribution in [0.15, 0.2) is 24.3 Å². The van der Waals surface area contributed by atoms with Crippen molar-refractivity contribution in [3.8, 4) is 0 Å². The average molecular weight is 332 g/mol. The summed E-state index contributed by atoms with van der Waals surface area (Å²) in [6.07, 6.45) is 4.84. The number of nitrogens with one attached hydrogen (secondary N) is 2. The molecule has 0 heterocycles. The zero-order valence-corrected chi connectivity index (χ0v) is 14.1. The Balaban J connectivity index is 2.00. The topological polar surface area (TPSA) is 95.5 Å². The maximum Gasteiger partial charge on any atom is 0.325 e. The minimum atomic E-state index is -1.09. The van der Waals surface area contributed by atoms with E-state index in [2.05, 4.69) is 10.6 Å². The predicted molar refractivity (Wildman–Crippen MR) is 90.8 cm³/mol. The number of carbonyl (C=O) groups excluding carboxylic acids is 2. The molecule has 1 saturated carbocycles. The Morgan fingerprint density at radius 3 is 2.25 bits per heavy atom. The van der Waals surface area contributed by atoms with Gasteiger partial charge in [0.1, 0.15) is 6.04 Å². The Morgan fingerprint density at radius 1 is 1.17 bits per heavy atom. The van der Waals surface area contributed by atoms with Gasteiger partial charge in [-0.1, -0.05) is 19.8 Å². The van der Waals surface area contributed by atoms with E-state index in [-0.39, 0.29) is 11.3 Å². The molecular weight excluding hydrogens is 308 g/mol. The summed E-state index contributed by atoms with van der Waals surface area (Å²) in [5.41, 5.74) is 0.724. The van der Waals surface area contributed by atoms with Crippen LogP contribution in [0.4, 0.5) is 5.69 Å². The summed E-state index contributed by atoms with van der Waals surface area (Å²) < 4.78 is 0. The normalized spacial score (nSPS) is 17.1. The van der Waals surface area contributed by atoms with E-state index in [1.165, 1.54) is 6.92 Å². The summed E-state index contributed by atoms with van der Waals surface area (Å²) in [5.74, 6) is -1.50. The van der Waals surface area contributed by atoms with Gasteiger partial charge in [-0.15, -0.1) is 0 Å². The molecule has 2 rings (SSSR count). The van der Waals surface area contributed by atoms with Crippen LogP contribution in [-0.4, -0.2) is 28.9 Å². The molecule has 1 aromatic rings. The van der Waals surface area contributed by atoms with Crippen molar-refractivity contribution < 1.29 is 19.5 Å². The summed E-state index contributed by atoms with van der Waals surface area (Å²) >= 11 is 0. The third-order valence-corrected chi connectivity index (χ3v) is 4.84. The highest BCUT2D eigenvalue weighted by Gasteiger charge is 2.39. The Bertz CT molecular complexity index is 618. The Morgan fingerprint density at radius 2 is 1.75 bits per heavy atom. The Hall–Kier alpha value is -2.37. The smallest absolute Gasteiger partial charge is 0.325 e. The number of hydrogen-bond donors (Lipinski definition) is 3. The van der Waals surface area contributed by atoms with E-state index in [0.29, 0.717) is 11.3 Å². The number of benzene rings is 1. The van der Waals surface area contributed by atoms with Crippen LogP contribution >= 0.6 is 0 Å². The van der Waals surface area contributed by atoms with Crippen LogP contribution in [-0.2, 0) is 9.59 Å². The molecule has 1 atom stereocenters. The van der Waals surface area contributed by atoms with Crippen LogP contribution in [0.2, 0.25) is 0 Å². The number of carbonyl (C=O) groups is 3. The third-order valence-electron chi connectivity index (χ3n) is 4.84. The summed E-state index contributed by atoms with van der Waals surface area (Å²) in [6.45, 7) is 3.45. The number of rotatable bonds is 6. The molecule has 2 amide bonds. The van der Waals surface area contributed by atoms with E-state index in [1.54, 1.807) is 24.3 Å². The van der Waals surface area contributed by atoms with Crippen molar-refractivity contribution in [2.24, 2.45) is 5.41 Å². The second-order valence-electron chi connectivity index (χ2n) is 6.41. The molecule has 1 fully saturated rings. The van der Waals surface area contributed by atoms with Crippen LogP contribution in [0.1, 0.15) is 56.3 Å². The van der Waals surface area contributed by atoms with Gasteiger partial charge in [0.15, 0.2) is 0 Å². The van der Waals surface area contributed by atoms with Gasteiger partial charge in [0.2, 0.25) is 5.91 Å². The summed E-state index contributed by atoms with van der Waals surface area (Å²) in [7, 11) is 0. The molecule has 1 aromatic carbocycles. The van der Waals surface area contributed by atoms with Gasteiger partial charge in [-0.2, -0.15) is 0 Å². The highest BCUT2D eigenvalue weighted by molar-refractivity contribution is 5.98. The molecule has 0 saturated heterocycles. The maximum atomic E-state index is 12.6. The number of anilines is 1. The van der Waals surface area contributed by atoms with Gasteiger partial charge >= 0.3 is 5.97 Å². The average Bonchev–Trinajstić information content (AvgIpc) is 3.05. The molecular formula is C18H24N2O4. The van der Waals surface area contributed by atoms with Crippen LogP contribution in [0, 0.1) is 5.41 Å². The largest absolute Gasteiger partial charge is 0.480 e. The first-order valence-electron chi connectivity index (χ1n) is 8.33. The van der Waals surface area contributed by atoms with Crippen molar-refractivity contribution in [2.45, 2.75) is 52.0 Å². The molecule has 0 bridgehead atoms. The first-order chi connectivity index (χ1) is 11.4. The lowest BCUT2D eigenvalue weighted by molar-refractivity contribution is -0.138. The van der Waals surface area contributed by atoms with Crippen molar-refractivity contribution in [1.82, 2.24) is 5.32 Å². The number of aliphatic carboxylic acids is 1. The van der Waals surface area contributed by atoms with Gasteiger partial charge < -0.3 is 15.7 Å². The molecule has 6 nitrogen and oxygen atoms in total. The minimum absolute atomic E-state index is 0.0409. The van der Waals surface area contributed by atoms with Gasteiger partial charge in [-0.25, -0.2) is 0 Å². The highest BCUT2D eigenvalue weighted by Crippen LogP contribution is 2.41. The number of amides is 2. The van der Waals surface area contributed by atoms with E-state index in [4.69, 9.17) is 5.11 Å². The van der Waals surface area contributed by atoms with E-state index in [0.717, 1.165) is 32.1 Å². The summed E-state index contributed by atoms with van der Waals surface area (Å²) in [6, 6.07) is 5.52. The summed E-state index contributed by atoms with van der Waals surface area (Å²) in [4.78, 5) is 35.3. The van der Waals surface area contributed by atoms with Crippen LogP contribution in [0.3, 0.4) is 0 Å². The highest BCUT2D eigenvalue weighted by atomic mass is 16.4. The first kappa shape index (κ1) is 18.0. The van der Waals surface area contributed by atoms with E-state index in [1.807, 2.05) is 6.92 Å². The van der Waals surface area contributed by atoms with Crippen LogP contribution in [0.25, 0.3) is 0 Å². The quantitative estimate of drug-likeness (QED) is 0.746. The minimum Gasteiger partial charge on any atom is -0.480 e. The molecule has 130 valence electrons. The standard InChI is InChI=1S/C18H24N2O4/c1-3-18(10-4-5-11-18)17(24)20-14-8-6-13(7-9-14)15(21)19-12(2)16(22)23/h6-9,12H,3-5,10-11H2,1-2H3,(H,19,21)(H,20,24)(H,22,23). The Labute approximate surface area is 141 Å². The Kier molecular flexibility index (Phi) is 5.59. The van der Waals surface area contributed by atoms with Crippen molar-refractivity contribution in [1.29, 1.82) is 0 Å². The van der Waals surface area contributed by atoms with Crippen molar-refractivity contribution in [3.63, 3.8) is 0 Å². The second-order valence-corrected chi connectivity index (χ2v) is 6.41. The van der Waals surface area contributed by atoms with Crippen LogP contribution < -0.4 is 10.6 Å². The lowest BCUT2D eigenvalue weighted by atomic mass is 9.82. The molecule has 3 N–H and O–H groups in total. The SMILES string of the molecule is CCC1(C(=O)Nc2ccc(C(=O)NC(C)C(=O)O)cc2)CCCC1. The molecule has 1 unspecified atom stereocenters. The lowest BCUT2D eigenvalue weighted by Crippen LogP contribution is -2.38. The van der Waals surface area contributed by atoms with Crippen molar-refractivity contribution in [3.05, 3.63) is 29.8 Å². The second kappa shape index (κ2) is 7.47. The monoisotopic (exact) mass is 332 g/mol. The number of hydrogen-bond acceptors (Lipinski definition) is 3. The van der Waals surface area contributed by atoms with Gasteiger partial charge in [-0.05, 0) is 50.5 Å². The predicted octanol–water partition coefficient (Wildman–Crippen LogP) is 2.80. The molecule has 0 spiro atoms. The first-order valence-corrected chi connectivity index (χ1v) is 8.33. The fourth-order valence-electron chi connectivity index (χ4n) is 3.10. The van der Waals surface area contributed by atoms with Crippen LogP contribution in [0.5, 0.6) is 0 Å². The molecule has 1 aliphatic carbocycles. The molecule has 0 aliphatic heterocycles. The van der Waals surface area contributed by atoms with Gasteiger partial charge in [-0.3, -0.25) is 14.4 Å². The zero-order valence-electron chi connectivity index (χ0n) is 14.1. The summed E-state index contributed by atoms with van der Waals surface area (Å²) in [5, 5.41) is 14.1. The molecule has 24 heavy (non-hydrogen) atoms. The molecule has 1 aliphatic rings. The maximum absolute atomic E-state index is 12.6. The van der Waals surface area contributed by atoms with Gasteiger partial charge in [0.05, 0.1) is 0 Å². The molecule has 6 heteroatoms. The van der Waals surface area contributed by atoms with Crippen molar-refractivity contribution in [2.75, 3.05) is 5.32 Å². The van der Waals surface area contributed by atoms with E-state index >= 15 is 0 Å². The third kappa shape index (κ3) is 3.93. The fraction of sp³-hybridized carbons (Fsp3) is 0.500. The van der Waals surface area contributed by atoms with Gasteiger partial charge in [0.25, 0.3) is 5.91 Å².